The Bertz CT molecular complexity index is 253. The first kappa shape index (κ1) is 4.75. The zero-order valence-electron chi connectivity index (χ0n) is 4.35. The van der Waals surface area contributed by atoms with Crippen molar-refractivity contribution in [3.63, 3.8) is 0 Å². The molecule has 9 heavy (non-hydrogen) atoms. The highest BCUT2D eigenvalue weighted by Crippen LogP contribution is 2.17. The number of hydrogen-bond acceptors (Lipinski definition) is 5. The Kier molecular flexibility index (Phi) is 0.895. The van der Waals surface area contributed by atoms with Crippen LogP contribution in [-0.2, 0) is 0 Å². The zero-order chi connectivity index (χ0) is 6.10. The average Bonchev–Trinajstić information content (AvgIpc) is 2.33. The maximum Gasteiger partial charge on any atom is 0.126 e. The van der Waals surface area contributed by atoms with E-state index in [-0.39, 0.29) is 0 Å². The molecular weight excluding hydrogens is 136 g/mol. The molecule has 0 amide bonds. The van der Waals surface area contributed by atoms with E-state index >= 15 is 0 Å². The van der Waals surface area contributed by atoms with Gasteiger partial charge < -0.3 is 0 Å². The smallest absolute Gasteiger partial charge is 0.126 e. The monoisotopic (exact) mass is 138 g/mol. The van der Waals surface area contributed by atoms with Crippen molar-refractivity contribution in [3.05, 3.63) is 12.4 Å². The van der Waals surface area contributed by atoms with Crippen molar-refractivity contribution in [2.24, 2.45) is 0 Å². The number of aromatic nitrogens is 4. The van der Waals surface area contributed by atoms with Gasteiger partial charge in [0.25, 0.3) is 0 Å². The second-order valence-corrected chi connectivity index (χ2v) is 2.30. The Morgan fingerprint density at radius 3 is 3.11 bits per heavy atom. The molecule has 2 rings (SSSR count). The first-order valence-electron chi connectivity index (χ1n) is 2.35. The Morgan fingerprint density at radius 2 is 2.22 bits per heavy atom. The number of fused-ring (bicyclic) bond motifs is 1. The van der Waals surface area contributed by atoms with Crippen molar-refractivity contribution in [2.45, 2.75) is 0 Å². The van der Waals surface area contributed by atoms with Gasteiger partial charge in [0.05, 0.1) is 17.3 Å². The highest BCUT2D eigenvalue weighted by molar-refractivity contribution is 7.09. The van der Waals surface area contributed by atoms with Crippen molar-refractivity contribution >= 4 is 11.5 Å². The van der Waals surface area contributed by atoms with Crippen LogP contribution in [-0.4, -0.2) is 19.8 Å². The van der Waals surface area contributed by atoms with Crippen molar-refractivity contribution in [3.8, 4) is 10.6 Å². The van der Waals surface area contributed by atoms with Gasteiger partial charge in [-0.1, -0.05) is 4.49 Å². The van der Waals surface area contributed by atoms with Crippen LogP contribution in [0.4, 0.5) is 0 Å². The molecule has 0 aromatic carbocycles. The van der Waals surface area contributed by atoms with Gasteiger partial charge in [-0.25, -0.2) is 0 Å². The van der Waals surface area contributed by atoms with Crippen LogP contribution in [0.25, 0.3) is 10.6 Å². The molecule has 0 N–H and O–H groups in total. The van der Waals surface area contributed by atoms with Gasteiger partial charge >= 0.3 is 0 Å². The van der Waals surface area contributed by atoms with Crippen LogP contribution in [0.2, 0.25) is 0 Å². The van der Waals surface area contributed by atoms with Crippen LogP contribution in [0.15, 0.2) is 12.4 Å². The van der Waals surface area contributed by atoms with Gasteiger partial charge in [0, 0.05) is 0 Å². The molecule has 44 valence electrons. The van der Waals surface area contributed by atoms with E-state index in [1.54, 1.807) is 12.4 Å². The van der Waals surface area contributed by atoms with Gasteiger partial charge in [0.1, 0.15) is 5.69 Å². The molecule has 2 aliphatic heterocycles. The molecule has 0 unspecified atom stereocenters. The van der Waals surface area contributed by atoms with Gasteiger partial charge in [-0.3, -0.25) is 0 Å². The molecule has 0 spiro atoms. The van der Waals surface area contributed by atoms with Gasteiger partial charge in [-0.2, -0.15) is 5.10 Å². The van der Waals surface area contributed by atoms with Crippen molar-refractivity contribution in [2.75, 3.05) is 0 Å². The molecule has 5 heteroatoms. The summed E-state index contributed by atoms with van der Waals surface area (Å²) in [5.41, 5.74) is 0.815. The normalized spacial score (nSPS) is 10.2. The minimum absolute atomic E-state index is 0.815. The predicted molar refractivity (Wildman–Crippen MR) is 32.1 cm³/mol. The van der Waals surface area contributed by atoms with Gasteiger partial charge in [0.15, 0.2) is 0 Å². The molecule has 4 nitrogen and oxygen atoms in total. The topological polar surface area (TPSA) is 51.6 Å². The Labute approximate surface area is 55.1 Å². The average molecular weight is 138 g/mol. The third kappa shape index (κ3) is 0.655. The summed E-state index contributed by atoms with van der Waals surface area (Å²) in [6.45, 7) is 0. The fraction of sp³-hybridized carbons (Fsp3) is 0. The largest absolute Gasteiger partial charge is 0.157 e. The lowest BCUT2D eigenvalue weighted by molar-refractivity contribution is 1.07. The van der Waals surface area contributed by atoms with Crippen LogP contribution < -0.4 is 0 Å². The van der Waals surface area contributed by atoms with Crippen LogP contribution in [0.1, 0.15) is 0 Å². The summed E-state index contributed by atoms with van der Waals surface area (Å²) in [4.78, 5) is 0.977. The minimum atomic E-state index is 0.815. The Balaban J connectivity index is 2.79. The highest BCUT2D eigenvalue weighted by Gasteiger charge is 2.03. The third-order valence-corrected chi connectivity index (χ3v) is 1.65. The maximum absolute atomic E-state index is 3.78. The Morgan fingerprint density at radius 1 is 1.22 bits per heavy atom. The van der Waals surface area contributed by atoms with E-state index in [4.69, 9.17) is 0 Å². The van der Waals surface area contributed by atoms with Crippen molar-refractivity contribution < 1.29 is 0 Å². The molecule has 0 saturated carbocycles. The molecule has 2 aliphatic rings. The van der Waals surface area contributed by atoms with E-state index in [1.165, 1.54) is 11.5 Å². The maximum atomic E-state index is 3.78. The van der Waals surface area contributed by atoms with Crippen LogP contribution in [0, 0.1) is 0 Å². The van der Waals surface area contributed by atoms with E-state index in [0.717, 1.165) is 10.6 Å². The second-order valence-electron chi connectivity index (χ2n) is 1.51. The summed E-state index contributed by atoms with van der Waals surface area (Å²) in [5, 5.41) is 11.1. The lowest BCUT2D eigenvalue weighted by Crippen LogP contribution is -1.77. The van der Waals surface area contributed by atoms with Crippen LogP contribution in [0.5, 0.6) is 0 Å². The van der Waals surface area contributed by atoms with E-state index in [2.05, 4.69) is 19.8 Å². The van der Waals surface area contributed by atoms with Gasteiger partial charge in [0.2, 0.25) is 0 Å². The summed E-state index contributed by atoms with van der Waals surface area (Å²) in [6.07, 6.45) is 3.27. The first-order chi connectivity index (χ1) is 4.47. The molecule has 0 fully saturated rings. The first-order valence-corrected chi connectivity index (χ1v) is 3.13. The van der Waals surface area contributed by atoms with Crippen LogP contribution >= 0.6 is 11.5 Å². The zero-order valence-corrected chi connectivity index (χ0v) is 5.17. The second kappa shape index (κ2) is 1.70. The van der Waals surface area contributed by atoms with E-state index in [9.17, 15) is 0 Å². The Hall–Kier alpha value is -1.10. The predicted octanol–water partition coefficient (Wildman–Crippen LogP) is 0.433. The van der Waals surface area contributed by atoms with Crippen LogP contribution in [0.3, 0.4) is 0 Å². The standard InChI is InChI=1S/C4H2N4S/c1-3-4(2-5-7-3)9-8-6-1/h1-2H. The summed E-state index contributed by atoms with van der Waals surface area (Å²) >= 11 is 1.30. The lowest BCUT2D eigenvalue weighted by atomic mass is 10.4. The highest BCUT2D eigenvalue weighted by atomic mass is 32.1. The fourth-order valence-corrected chi connectivity index (χ4v) is 1.03. The molecular formula is C4H2N4S. The quantitative estimate of drug-likeness (QED) is 0.529. The summed E-state index contributed by atoms with van der Waals surface area (Å²) in [5.74, 6) is 0. The molecule has 2 heterocycles. The lowest BCUT2D eigenvalue weighted by Gasteiger charge is -1.84. The molecule has 0 aromatic heterocycles. The van der Waals surface area contributed by atoms with Crippen molar-refractivity contribution in [1.82, 2.24) is 19.8 Å². The van der Waals surface area contributed by atoms with Gasteiger partial charge in [-0.15, -0.1) is 10.2 Å². The summed E-state index contributed by atoms with van der Waals surface area (Å²) in [7, 11) is 0. The number of hydrogen-bond donors (Lipinski definition) is 0. The van der Waals surface area contributed by atoms with E-state index in [0.29, 0.717) is 0 Å². The minimum Gasteiger partial charge on any atom is -0.157 e. The summed E-state index contributed by atoms with van der Waals surface area (Å²) < 4.78 is 3.70. The van der Waals surface area contributed by atoms with Crippen molar-refractivity contribution in [1.29, 1.82) is 0 Å². The third-order valence-electron chi connectivity index (χ3n) is 0.959. The molecule has 0 saturated heterocycles. The van der Waals surface area contributed by atoms with E-state index in [1.807, 2.05) is 0 Å². The molecule has 0 aliphatic carbocycles. The molecule has 0 radical (unpaired) electrons. The molecule has 0 aromatic rings. The van der Waals surface area contributed by atoms with E-state index < -0.39 is 0 Å². The molecule has 0 bridgehead atoms. The van der Waals surface area contributed by atoms with Gasteiger partial charge in [-0.05, 0) is 11.5 Å². The number of nitrogens with zero attached hydrogens (tertiary/aromatic N) is 4. The SMILES string of the molecule is c1nnsc2cnnc1-2. The fourth-order valence-electron chi connectivity index (χ4n) is 0.565. The number of rotatable bonds is 0. The summed E-state index contributed by atoms with van der Waals surface area (Å²) in [6, 6.07) is 0. The molecule has 0 atom stereocenters.